The van der Waals surface area contributed by atoms with Gasteiger partial charge in [0.1, 0.15) is 12.9 Å². The van der Waals surface area contributed by atoms with Gasteiger partial charge in [-0.25, -0.2) is 9.67 Å². The summed E-state index contributed by atoms with van der Waals surface area (Å²) in [6.45, 7) is -0.392. The van der Waals surface area contributed by atoms with E-state index in [-0.39, 0.29) is 6.04 Å². The van der Waals surface area contributed by atoms with Gasteiger partial charge in [0.2, 0.25) is 5.91 Å². The van der Waals surface area contributed by atoms with Crippen molar-refractivity contribution in [2.45, 2.75) is 44.4 Å². The van der Waals surface area contributed by atoms with E-state index in [2.05, 4.69) is 15.4 Å². The van der Waals surface area contributed by atoms with Crippen LogP contribution in [0.15, 0.2) is 6.33 Å². The molecule has 0 radical (unpaired) electrons. The van der Waals surface area contributed by atoms with E-state index in [4.69, 9.17) is 5.11 Å². The van der Waals surface area contributed by atoms with Crippen molar-refractivity contribution in [1.29, 1.82) is 0 Å². The zero-order valence-electron chi connectivity index (χ0n) is 11.5. The highest BCUT2D eigenvalue weighted by molar-refractivity contribution is 5.76. The minimum absolute atomic E-state index is 0.284. The molecule has 1 aromatic rings. The Morgan fingerprint density at radius 3 is 2.73 bits per heavy atom. The van der Waals surface area contributed by atoms with Crippen LogP contribution in [0.1, 0.15) is 31.5 Å². The van der Waals surface area contributed by atoms with Crippen LogP contribution in [0.5, 0.6) is 0 Å². The maximum Gasteiger partial charge on any atom is 0.453 e. The molecule has 0 aliphatic heterocycles. The van der Waals surface area contributed by atoms with Gasteiger partial charge in [-0.1, -0.05) is 6.42 Å². The Hall–Kier alpha value is -2.13. The maximum absolute atomic E-state index is 12.3. The Bertz CT molecular complexity index is 558. The number of halogens is 3. The number of carboxylic acids is 1. The molecular weight excluding hydrogens is 305 g/mol. The van der Waals surface area contributed by atoms with Gasteiger partial charge in [0.25, 0.3) is 5.82 Å². The number of aliphatic carboxylic acids is 1. The van der Waals surface area contributed by atoms with Crippen LogP contribution in [0.4, 0.5) is 13.2 Å². The van der Waals surface area contributed by atoms with Crippen molar-refractivity contribution in [2.24, 2.45) is 5.92 Å². The summed E-state index contributed by atoms with van der Waals surface area (Å²) in [6.07, 6.45) is -1.58. The lowest BCUT2D eigenvalue weighted by Gasteiger charge is -2.27. The second-order valence-electron chi connectivity index (χ2n) is 5.23. The fraction of sp³-hybridized carbons (Fsp3) is 0.667. The molecule has 1 aromatic heterocycles. The number of carbonyl (C=O) groups is 2. The Labute approximate surface area is 123 Å². The van der Waals surface area contributed by atoms with Crippen LogP contribution < -0.4 is 5.32 Å². The molecule has 2 N–H and O–H groups in total. The van der Waals surface area contributed by atoms with Crippen LogP contribution in [0.3, 0.4) is 0 Å². The van der Waals surface area contributed by atoms with Gasteiger partial charge in [0, 0.05) is 6.04 Å². The smallest absolute Gasteiger partial charge is 0.453 e. The zero-order valence-corrected chi connectivity index (χ0v) is 11.5. The third kappa shape index (κ3) is 4.18. The van der Waals surface area contributed by atoms with E-state index in [1.807, 2.05) is 0 Å². The lowest BCUT2D eigenvalue weighted by molar-refractivity contribution is -0.145. The van der Waals surface area contributed by atoms with Crippen molar-refractivity contribution in [3.8, 4) is 0 Å². The van der Waals surface area contributed by atoms with Crippen molar-refractivity contribution in [1.82, 2.24) is 20.1 Å². The number of rotatable bonds is 4. The number of aromatic nitrogens is 3. The summed E-state index contributed by atoms with van der Waals surface area (Å²) in [7, 11) is 0. The Kier molecular flexibility index (Phi) is 4.67. The highest BCUT2D eigenvalue weighted by atomic mass is 19.4. The summed E-state index contributed by atoms with van der Waals surface area (Å²) < 4.78 is 37.8. The number of nitrogens with zero attached hydrogens (tertiary/aromatic N) is 3. The fourth-order valence-corrected chi connectivity index (χ4v) is 2.47. The topological polar surface area (TPSA) is 97.1 Å². The number of carboxylic acid groups (broad SMARTS) is 1. The lowest BCUT2D eigenvalue weighted by Crippen LogP contribution is -2.41. The molecule has 122 valence electrons. The van der Waals surface area contributed by atoms with Crippen molar-refractivity contribution in [3.05, 3.63) is 12.2 Å². The monoisotopic (exact) mass is 320 g/mol. The molecule has 1 amide bonds. The van der Waals surface area contributed by atoms with E-state index in [0.29, 0.717) is 25.7 Å². The molecule has 1 fully saturated rings. The van der Waals surface area contributed by atoms with Gasteiger partial charge in [0.05, 0.1) is 5.92 Å². The van der Waals surface area contributed by atoms with Gasteiger partial charge in [-0.05, 0) is 19.3 Å². The lowest BCUT2D eigenvalue weighted by atomic mass is 9.86. The molecule has 22 heavy (non-hydrogen) atoms. The average Bonchev–Trinajstić information content (AvgIpc) is 2.87. The van der Waals surface area contributed by atoms with Crippen molar-refractivity contribution in [2.75, 3.05) is 0 Å². The van der Waals surface area contributed by atoms with E-state index >= 15 is 0 Å². The normalized spacial score (nSPS) is 22.3. The fourth-order valence-electron chi connectivity index (χ4n) is 2.47. The van der Waals surface area contributed by atoms with E-state index < -0.39 is 36.3 Å². The van der Waals surface area contributed by atoms with Crippen LogP contribution >= 0.6 is 0 Å². The molecule has 1 aliphatic carbocycles. The number of carbonyl (C=O) groups excluding carboxylic acids is 1. The van der Waals surface area contributed by atoms with Crippen LogP contribution in [-0.4, -0.2) is 37.8 Å². The molecule has 2 unspecified atom stereocenters. The van der Waals surface area contributed by atoms with Gasteiger partial charge in [-0.15, -0.1) is 5.10 Å². The first-order chi connectivity index (χ1) is 10.3. The molecule has 2 rings (SSSR count). The first-order valence-electron chi connectivity index (χ1n) is 6.74. The summed E-state index contributed by atoms with van der Waals surface area (Å²) in [5.74, 6) is -3.22. The van der Waals surface area contributed by atoms with E-state index in [9.17, 15) is 22.8 Å². The van der Waals surface area contributed by atoms with Gasteiger partial charge in [-0.2, -0.15) is 13.2 Å². The molecule has 10 heteroatoms. The second-order valence-corrected chi connectivity index (χ2v) is 5.23. The van der Waals surface area contributed by atoms with E-state index in [1.54, 1.807) is 0 Å². The third-order valence-electron chi connectivity index (χ3n) is 3.48. The first-order valence-corrected chi connectivity index (χ1v) is 6.74. The summed E-state index contributed by atoms with van der Waals surface area (Å²) >= 11 is 0. The Balaban J connectivity index is 1.87. The molecule has 2 atom stereocenters. The largest absolute Gasteiger partial charge is 0.481 e. The number of alkyl halides is 3. The average molecular weight is 320 g/mol. The van der Waals surface area contributed by atoms with Crippen LogP contribution in [-0.2, 0) is 22.3 Å². The summed E-state index contributed by atoms with van der Waals surface area (Å²) in [4.78, 5) is 25.8. The summed E-state index contributed by atoms with van der Waals surface area (Å²) in [5.41, 5.74) is 0. The van der Waals surface area contributed by atoms with Crippen molar-refractivity contribution in [3.63, 3.8) is 0 Å². The third-order valence-corrected chi connectivity index (χ3v) is 3.48. The molecule has 0 spiro atoms. The Morgan fingerprint density at radius 2 is 2.14 bits per heavy atom. The molecule has 0 bridgehead atoms. The SMILES string of the molecule is O=C(Cn1cnc(C(F)(F)F)n1)NC1CCCC(C(=O)O)C1. The first kappa shape index (κ1) is 16.2. The quantitative estimate of drug-likeness (QED) is 0.864. The predicted molar refractivity (Wildman–Crippen MR) is 66.5 cm³/mol. The summed E-state index contributed by atoms with van der Waals surface area (Å²) in [5, 5.41) is 14.8. The standard InChI is InChI=1S/C12H15F3N4O3/c13-12(14,15)11-16-6-19(18-11)5-9(20)17-8-3-1-2-7(4-8)10(21)22/h6-8H,1-5H2,(H,17,20)(H,21,22). The molecular formula is C12H15F3N4O3. The van der Waals surface area contributed by atoms with Gasteiger partial charge < -0.3 is 10.4 Å². The molecule has 0 saturated heterocycles. The predicted octanol–water partition coefficient (Wildman–Crippen LogP) is 1.06. The highest BCUT2D eigenvalue weighted by Gasteiger charge is 2.36. The molecule has 7 nitrogen and oxygen atoms in total. The highest BCUT2D eigenvalue weighted by Crippen LogP contribution is 2.26. The number of hydrogen-bond acceptors (Lipinski definition) is 4. The molecule has 0 aromatic carbocycles. The van der Waals surface area contributed by atoms with Crippen LogP contribution in [0.2, 0.25) is 0 Å². The Morgan fingerprint density at radius 1 is 1.41 bits per heavy atom. The van der Waals surface area contributed by atoms with Gasteiger partial charge >= 0.3 is 12.1 Å². The number of hydrogen-bond donors (Lipinski definition) is 2. The number of amides is 1. The second kappa shape index (κ2) is 6.32. The minimum Gasteiger partial charge on any atom is -0.481 e. The van der Waals surface area contributed by atoms with Crippen LogP contribution in [0, 0.1) is 5.92 Å². The maximum atomic E-state index is 12.3. The molecule has 1 aliphatic rings. The van der Waals surface area contributed by atoms with Gasteiger partial charge in [-0.3, -0.25) is 9.59 Å². The van der Waals surface area contributed by atoms with Crippen LogP contribution in [0.25, 0.3) is 0 Å². The molecule has 1 heterocycles. The number of nitrogens with one attached hydrogen (secondary N) is 1. The zero-order chi connectivity index (χ0) is 16.3. The van der Waals surface area contributed by atoms with E-state index in [0.717, 1.165) is 11.0 Å². The van der Waals surface area contributed by atoms with E-state index in [1.165, 1.54) is 0 Å². The van der Waals surface area contributed by atoms with Gasteiger partial charge in [0.15, 0.2) is 0 Å². The van der Waals surface area contributed by atoms with Crippen molar-refractivity contribution < 1.29 is 27.9 Å². The molecule has 1 saturated carbocycles. The summed E-state index contributed by atoms with van der Waals surface area (Å²) in [6, 6.07) is -0.284. The van der Waals surface area contributed by atoms with Crippen molar-refractivity contribution >= 4 is 11.9 Å². The minimum atomic E-state index is -4.65.